The summed E-state index contributed by atoms with van der Waals surface area (Å²) in [7, 11) is 0. The van der Waals surface area contributed by atoms with Crippen molar-refractivity contribution in [3.8, 4) is 0 Å². The maximum atomic E-state index is 6.05. The highest BCUT2D eigenvalue weighted by molar-refractivity contribution is 5.02. The van der Waals surface area contributed by atoms with E-state index in [-0.39, 0.29) is 6.04 Å². The molecular formula is C11H18N2O. The summed E-state index contributed by atoms with van der Waals surface area (Å²) >= 11 is 0. The number of hydrogen-bond donors (Lipinski definition) is 1. The zero-order chi connectivity index (χ0) is 9.80. The maximum Gasteiger partial charge on any atom is 0.124 e. The van der Waals surface area contributed by atoms with Crippen LogP contribution in [0.2, 0.25) is 0 Å². The zero-order valence-corrected chi connectivity index (χ0v) is 8.48. The Morgan fingerprint density at radius 1 is 1.43 bits per heavy atom. The van der Waals surface area contributed by atoms with Gasteiger partial charge < -0.3 is 10.3 Å². The van der Waals surface area contributed by atoms with Gasteiger partial charge in [-0.25, -0.2) is 0 Å². The van der Waals surface area contributed by atoms with Gasteiger partial charge in [0.25, 0.3) is 0 Å². The molecule has 1 atom stereocenters. The van der Waals surface area contributed by atoms with Crippen molar-refractivity contribution in [1.82, 2.24) is 5.16 Å². The molecule has 0 spiro atoms. The monoisotopic (exact) mass is 194 g/mol. The van der Waals surface area contributed by atoms with Gasteiger partial charge >= 0.3 is 0 Å². The molecule has 3 nitrogen and oxygen atoms in total. The van der Waals surface area contributed by atoms with E-state index < -0.39 is 0 Å². The minimum atomic E-state index is 0.0665. The van der Waals surface area contributed by atoms with Crippen molar-refractivity contribution in [1.29, 1.82) is 0 Å². The van der Waals surface area contributed by atoms with E-state index in [0.29, 0.717) is 0 Å². The van der Waals surface area contributed by atoms with Gasteiger partial charge in [0.05, 0.1) is 6.04 Å². The van der Waals surface area contributed by atoms with Crippen LogP contribution in [0.5, 0.6) is 0 Å². The Balaban J connectivity index is 1.84. The Bertz CT molecular complexity index is 252. The van der Waals surface area contributed by atoms with E-state index in [2.05, 4.69) is 5.16 Å². The van der Waals surface area contributed by atoms with Gasteiger partial charge in [-0.15, -0.1) is 0 Å². The minimum Gasteiger partial charge on any atom is -0.364 e. The molecule has 0 bridgehead atoms. The van der Waals surface area contributed by atoms with Gasteiger partial charge in [0.15, 0.2) is 0 Å². The molecule has 1 aliphatic carbocycles. The minimum absolute atomic E-state index is 0.0665. The van der Waals surface area contributed by atoms with E-state index in [0.717, 1.165) is 18.0 Å². The maximum absolute atomic E-state index is 6.05. The van der Waals surface area contributed by atoms with Crippen LogP contribution in [0.15, 0.2) is 16.9 Å². The topological polar surface area (TPSA) is 52.0 Å². The van der Waals surface area contributed by atoms with Crippen LogP contribution in [0.25, 0.3) is 0 Å². The van der Waals surface area contributed by atoms with Gasteiger partial charge in [0.2, 0.25) is 0 Å². The summed E-state index contributed by atoms with van der Waals surface area (Å²) in [6.07, 6.45) is 9.47. The zero-order valence-electron chi connectivity index (χ0n) is 8.48. The molecule has 0 aliphatic heterocycles. The van der Waals surface area contributed by atoms with E-state index in [1.54, 1.807) is 6.26 Å². The number of hydrogen-bond acceptors (Lipinski definition) is 3. The number of rotatable bonds is 3. The Labute approximate surface area is 84.7 Å². The highest BCUT2D eigenvalue weighted by atomic mass is 16.5. The highest BCUT2D eigenvalue weighted by Gasteiger charge is 2.18. The normalized spacial score (nSPS) is 20.9. The first-order chi connectivity index (χ1) is 6.86. The predicted molar refractivity (Wildman–Crippen MR) is 54.6 cm³/mol. The smallest absolute Gasteiger partial charge is 0.124 e. The molecule has 2 N–H and O–H groups in total. The SMILES string of the molecule is NC(CC1CCCCC1)c1ccon1. The van der Waals surface area contributed by atoms with Crippen molar-refractivity contribution in [3.05, 3.63) is 18.0 Å². The second kappa shape index (κ2) is 4.60. The van der Waals surface area contributed by atoms with E-state index in [1.165, 1.54) is 32.1 Å². The van der Waals surface area contributed by atoms with Gasteiger partial charge in [-0.2, -0.15) is 0 Å². The van der Waals surface area contributed by atoms with Gasteiger partial charge in [0.1, 0.15) is 12.0 Å². The molecular weight excluding hydrogens is 176 g/mol. The molecule has 0 amide bonds. The summed E-state index contributed by atoms with van der Waals surface area (Å²) in [5.41, 5.74) is 6.95. The lowest BCUT2D eigenvalue weighted by atomic mass is 9.84. The summed E-state index contributed by atoms with van der Waals surface area (Å²) in [6, 6.07) is 1.94. The van der Waals surface area contributed by atoms with Crippen molar-refractivity contribution in [2.24, 2.45) is 11.7 Å². The molecule has 1 aromatic heterocycles. The summed E-state index contributed by atoms with van der Waals surface area (Å²) in [5, 5.41) is 3.88. The first kappa shape index (κ1) is 9.71. The standard InChI is InChI=1S/C11H18N2O/c12-10(11-6-7-14-13-11)8-9-4-2-1-3-5-9/h6-7,9-10H,1-5,8,12H2. The van der Waals surface area contributed by atoms with Crippen molar-refractivity contribution in [2.75, 3.05) is 0 Å². The van der Waals surface area contributed by atoms with E-state index in [4.69, 9.17) is 10.3 Å². The average molecular weight is 194 g/mol. The van der Waals surface area contributed by atoms with Gasteiger partial charge in [-0.1, -0.05) is 37.3 Å². The van der Waals surface area contributed by atoms with Crippen LogP contribution in [0.4, 0.5) is 0 Å². The Hall–Kier alpha value is -0.830. The van der Waals surface area contributed by atoms with Crippen LogP contribution in [0, 0.1) is 5.92 Å². The average Bonchev–Trinajstić information content (AvgIpc) is 2.72. The molecule has 1 unspecified atom stereocenters. The van der Waals surface area contributed by atoms with Crippen LogP contribution in [-0.4, -0.2) is 5.16 Å². The van der Waals surface area contributed by atoms with Crippen LogP contribution < -0.4 is 5.73 Å². The fourth-order valence-electron chi connectivity index (χ4n) is 2.32. The fraction of sp³-hybridized carbons (Fsp3) is 0.727. The molecule has 1 heterocycles. The Kier molecular flexibility index (Phi) is 3.19. The third-order valence-corrected chi connectivity index (χ3v) is 3.15. The highest BCUT2D eigenvalue weighted by Crippen LogP contribution is 2.30. The summed E-state index contributed by atoms with van der Waals surface area (Å²) < 4.78 is 4.79. The quantitative estimate of drug-likeness (QED) is 0.804. The van der Waals surface area contributed by atoms with Gasteiger partial charge in [-0.05, 0) is 12.3 Å². The molecule has 78 valence electrons. The van der Waals surface area contributed by atoms with Crippen LogP contribution >= 0.6 is 0 Å². The summed E-state index contributed by atoms with van der Waals surface area (Å²) in [5.74, 6) is 0.801. The Morgan fingerprint density at radius 3 is 2.86 bits per heavy atom. The molecule has 1 fully saturated rings. The molecule has 1 saturated carbocycles. The summed E-state index contributed by atoms with van der Waals surface area (Å²) in [6.45, 7) is 0. The van der Waals surface area contributed by atoms with Crippen LogP contribution in [0.1, 0.15) is 50.3 Å². The first-order valence-corrected chi connectivity index (χ1v) is 5.52. The molecule has 2 rings (SSSR count). The largest absolute Gasteiger partial charge is 0.364 e. The second-order valence-electron chi connectivity index (χ2n) is 4.27. The third kappa shape index (κ3) is 2.35. The predicted octanol–water partition coefficient (Wildman–Crippen LogP) is 2.64. The van der Waals surface area contributed by atoms with Crippen molar-refractivity contribution < 1.29 is 4.52 Å². The first-order valence-electron chi connectivity index (χ1n) is 5.52. The van der Waals surface area contributed by atoms with Crippen LogP contribution in [-0.2, 0) is 0 Å². The lowest BCUT2D eigenvalue weighted by molar-refractivity contribution is 0.312. The lowest BCUT2D eigenvalue weighted by Gasteiger charge is -2.23. The van der Waals surface area contributed by atoms with E-state index in [1.807, 2.05) is 6.07 Å². The van der Waals surface area contributed by atoms with E-state index in [9.17, 15) is 0 Å². The number of nitrogens with two attached hydrogens (primary N) is 1. The van der Waals surface area contributed by atoms with Crippen LogP contribution in [0.3, 0.4) is 0 Å². The second-order valence-corrected chi connectivity index (χ2v) is 4.27. The van der Waals surface area contributed by atoms with Gasteiger partial charge in [-0.3, -0.25) is 0 Å². The molecule has 3 heteroatoms. The lowest BCUT2D eigenvalue weighted by Crippen LogP contribution is -2.17. The fourth-order valence-corrected chi connectivity index (χ4v) is 2.32. The summed E-state index contributed by atoms with van der Waals surface area (Å²) in [4.78, 5) is 0. The number of nitrogens with zero attached hydrogens (tertiary/aromatic N) is 1. The molecule has 1 aliphatic rings. The number of aromatic nitrogens is 1. The van der Waals surface area contributed by atoms with Gasteiger partial charge in [0, 0.05) is 6.07 Å². The third-order valence-electron chi connectivity index (χ3n) is 3.15. The van der Waals surface area contributed by atoms with Crippen molar-refractivity contribution in [2.45, 2.75) is 44.6 Å². The molecule has 0 radical (unpaired) electrons. The van der Waals surface area contributed by atoms with Crippen molar-refractivity contribution in [3.63, 3.8) is 0 Å². The molecule has 0 saturated heterocycles. The molecule has 1 aromatic rings. The van der Waals surface area contributed by atoms with E-state index >= 15 is 0 Å². The molecule has 14 heavy (non-hydrogen) atoms. The Morgan fingerprint density at radius 2 is 2.21 bits per heavy atom. The molecule has 0 aromatic carbocycles. The van der Waals surface area contributed by atoms with Crippen molar-refractivity contribution >= 4 is 0 Å².